The van der Waals surface area contributed by atoms with E-state index in [2.05, 4.69) is 68.8 Å². The van der Waals surface area contributed by atoms with E-state index in [-0.39, 0.29) is 11.9 Å². The predicted molar refractivity (Wildman–Crippen MR) is 125 cm³/mol. The van der Waals surface area contributed by atoms with E-state index in [1.807, 2.05) is 11.0 Å². The molecule has 0 aliphatic carbocycles. The number of carbonyl (C=O) groups excluding carboxylic acids is 1. The van der Waals surface area contributed by atoms with Crippen molar-refractivity contribution >= 4 is 29.1 Å². The lowest BCUT2D eigenvalue weighted by molar-refractivity contribution is 0.0623. The lowest BCUT2D eigenvalue weighted by Gasteiger charge is -2.32. The third kappa shape index (κ3) is 5.27. The Hall–Kier alpha value is -2.23. The second kappa shape index (κ2) is 9.72. The van der Waals surface area contributed by atoms with Gasteiger partial charge in [0.05, 0.1) is 16.6 Å². The minimum Gasteiger partial charge on any atom is -0.345 e. The van der Waals surface area contributed by atoms with Crippen LogP contribution in [-0.2, 0) is 13.1 Å². The number of halogens is 2. The van der Waals surface area contributed by atoms with Gasteiger partial charge in [0, 0.05) is 30.0 Å². The van der Waals surface area contributed by atoms with E-state index in [1.165, 1.54) is 11.1 Å². The number of hydrogen-bond donors (Lipinski definition) is 0. The summed E-state index contributed by atoms with van der Waals surface area (Å²) in [7, 11) is 0. The van der Waals surface area contributed by atoms with Crippen molar-refractivity contribution in [1.29, 1.82) is 0 Å². The Balaban J connectivity index is 1.88. The van der Waals surface area contributed by atoms with Gasteiger partial charge >= 0.3 is 0 Å². The Labute approximate surface area is 189 Å². The van der Waals surface area contributed by atoms with Gasteiger partial charge in [-0.1, -0.05) is 66.9 Å². The van der Waals surface area contributed by atoms with Crippen LogP contribution in [0.2, 0.25) is 10.0 Å². The SMILES string of the molecule is Cc1cccc(Cn2cccc2CN(C(=O)c2ccc(Cl)c(Cl)c2)C(C)C(C)C)c1. The summed E-state index contributed by atoms with van der Waals surface area (Å²) in [4.78, 5) is 15.3. The van der Waals surface area contributed by atoms with Crippen molar-refractivity contribution in [2.75, 3.05) is 0 Å². The Morgan fingerprint density at radius 2 is 1.77 bits per heavy atom. The minimum absolute atomic E-state index is 0.0435. The highest BCUT2D eigenvalue weighted by Gasteiger charge is 2.25. The second-order valence-corrected chi connectivity index (χ2v) is 8.98. The van der Waals surface area contributed by atoms with Gasteiger partial charge in [-0.3, -0.25) is 4.79 Å². The van der Waals surface area contributed by atoms with Crippen LogP contribution in [0.1, 0.15) is 48.0 Å². The fourth-order valence-electron chi connectivity index (χ4n) is 3.48. The van der Waals surface area contributed by atoms with Crippen LogP contribution < -0.4 is 0 Å². The van der Waals surface area contributed by atoms with Crippen LogP contribution >= 0.6 is 23.2 Å². The van der Waals surface area contributed by atoms with Crippen molar-refractivity contribution in [2.24, 2.45) is 5.92 Å². The lowest BCUT2D eigenvalue weighted by Crippen LogP contribution is -2.41. The molecule has 0 bridgehead atoms. The Kier molecular flexibility index (Phi) is 7.27. The van der Waals surface area contributed by atoms with Crippen molar-refractivity contribution in [3.63, 3.8) is 0 Å². The van der Waals surface area contributed by atoms with Gasteiger partial charge in [-0.25, -0.2) is 0 Å². The predicted octanol–water partition coefficient (Wildman–Crippen LogP) is 6.84. The summed E-state index contributed by atoms with van der Waals surface area (Å²) >= 11 is 12.2. The molecule has 0 fully saturated rings. The van der Waals surface area contributed by atoms with Gasteiger partial charge in [0.2, 0.25) is 0 Å². The van der Waals surface area contributed by atoms with Gasteiger partial charge in [0.25, 0.3) is 5.91 Å². The molecule has 3 aromatic rings. The maximum atomic E-state index is 13.4. The maximum Gasteiger partial charge on any atom is 0.254 e. The van der Waals surface area contributed by atoms with Crippen LogP contribution in [0.15, 0.2) is 60.8 Å². The molecule has 0 saturated carbocycles. The van der Waals surface area contributed by atoms with E-state index >= 15 is 0 Å². The van der Waals surface area contributed by atoms with E-state index in [1.54, 1.807) is 18.2 Å². The molecular formula is C25H28Cl2N2O. The van der Waals surface area contributed by atoms with Gasteiger partial charge in [-0.15, -0.1) is 0 Å². The smallest absolute Gasteiger partial charge is 0.254 e. The first kappa shape index (κ1) is 22.5. The van der Waals surface area contributed by atoms with Gasteiger partial charge in [0.15, 0.2) is 0 Å². The fraction of sp³-hybridized carbons (Fsp3) is 0.320. The molecule has 1 aromatic heterocycles. The highest BCUT2D eigenvalue weighted by Crippen LogP contribution is 2.25. The first-order valence-corrected chi connectivity index (χ1v) is 11.0. The zero-order valence-corrected chi connectivity index (χ0v) is 19.4. The molecule has 30 heavy (non-hydrogen) atoms. The number of hydrogen-bond acceptors (Lipinski definition) is 1. The summed E-state index contributed by atoms with van der Waals surface area (Å²) in [5.41, 5.74) is 4.13. The molecule has 1 atom stereocenters. The van der Waals surface area contributed by atoms with E-state index < -0.39 is 0 Å². The molecule has 1 unspecified atom stereocenters. The molecule has 0 aliphatic heterocycles. The maximum absolute atomic E-state index is 13.4. The number of nitrogens with zero attached hydrogens (tertiary/aromatic N) is 2. The number of aromatic nitrogens is 1. The molecule has 158 valence electrons. The molecule has 0 aliphatic rings. The van der Waals surface area contributed by atoms with Crippen LogP contribution in [0.25, 0.3) is 0 Å². The largest absolute Gasteiger partial charge is 0.345 e. The monoisotopic (exact) mass is 442 g/mol. The quantitative estimate of drug-likeness (QED) is 0.393. The number of amides is 1. The minimum atomic E-state index is -0.0435. The second-order valence-electron chi connectivity index (χ2n) is 8.16. The standard InChI is InChI=1S/C25H28Cl2N2O/c1-17(2)19(4)29(25(30)21-10-11-23(26)24(27)14-21)16-22-9-6-12-28(22)15-20-8-5-7-18(3)13-20/h5-14,17,19H,15-16H2,1-4H3. The number of carbonyl (C=O) groups is 1. The summed E-state index contributed by atoms with van der Waals surface area (Å²) in [6.07, 6.45) is 2.07. The Morgan fingerprint density at radius 1 is 1.00 bits per heavy atom. The number of rotatable bonds is 7. The summed E-state index contributed by atoms with van der Waals surface area (Å²) in [5, 5.41) is 0.839. The van der Waals surface area contributed by atoms with Crippen LogP contribution in [0.5, 0.6) is 0 Å². The van der Waals surface area contributed by atoms with Crippen LogP contribution in [-0.4, -0.2) is 21.4 Å². The average Bonchev–Trinajstić information content (AvgIpc) is 3.13. The van der Waals surface area contributed by atoms with Crippen molar-refractivity contribution in [3.05, 3.63) is 93.2 Å². The summed E-state index contributed by atoms with van der Waals surface area (Å²) in [5.74, 6) is 0.273. The highest BCUT2D eigenvalue weighted by atomic mass is 35.5. The molecular weight excluding hydrogens is 415 g/mol. The molecule has 1 amide bonds. The van der Waals surface area contributed by atoms with E-state index in [4.69, 9.17) is 23.2 Å². The molecule has 0 N–H and O–H groups in total. The number of aryl methyl sites for hydroxylation is 1. The van der Waals surface area contributed by atoms with Crippen molar-refractivity contribution in [1.82, 2.24) is 9.47 Å². The Morgan fingerprint density at radius 3 is 2.43 bits per heavy atom. The van der Waals surface area contributed by atoms with Gasteiger partial charge in [-0.05, 0) is 55.7 Å². The zero-order chi connectivity index (χ0) is 21.8. The third-order valence-electron chi connectivity index (χ3n) is 5.58. The molecule has 3 nitrogen and oxygen atoms in total. The van der Waals surface area contributed by atoms with Gasteiger partial charge in [-0.2, -0.15) is 0 Å². The van der Waals surface area contributed by atoms with Crippen LogP contribution in [0.4, 0.5) is 0 Å². The normalized spacial score (nSPS) is 12.2. The summed E-state index contributed by atoms with van der Waals surface area (Å²) in [6, 6.07) is 17.7. The molecule has 3 rings (SSSR count). The molecule has 5 heteroatoms. The van der Waals surface area contributed by atoms with E-state index in [9.17, 15) is 4.79 Å². The van der Waals surface area contributed by atoms with Gasteiger partial charge in [0.1, 0.15) is 0 Å². The van der Waals surface area contributed by atoms with Crippen LogP contribution in [0.3, 0.4) is 0 Å². The third-order valence-corrected chi connectivity index (χ3v) is 6.31. The van der Waals surface area contributed by atoms with E-state index in [0.29, 0.717) is 28.1 Å². The molecule has 2 aromatic carbocycles. The van der Waals surface area contributed by atoms with Crippen molar-refractivity contribution in [3.8, 4) is 0 Å². The highest BCUT2D eigenvalue weighted by molar-refractivity contribution is 6.42. The first-order valence-electron chi connectivity index (χ1n) is 10.2. The van der Waals surface area contributed by atoms with E-state index in [0.717, 1.165) is 12.2 Å². The molecule has 0 radical (unpaired) electrons. The van der Waals surface area contributed by atoms with Crippen LogP contribution in [0, 0.1) is 12.8 Å². The topological polar surface area (TPSA) is 25.2 Å². The lowest BCUT2D eigenvalue weighted by atomic mass is 10.0. The zero-order valence-electron chi connectivity index (χ0n) is 17.9. The fourth-order valence-corrected chi connectivity index (χ4v) is 3.78. The summed E-state index contributed by atoms with van der Waals surface area (Å²) < 4.78 is 2.21. The average molecular weight is 443 g/mol. The molecule has 1 heterocycles. The Bertz CT molecular complexity index is 1030. The number of benzene rings is 2. The van der Waals surface area contributed by atoms with Gasteiger partial charge < -0.3 is 9.47 Å². The van der Waals surface area contributed by atoms with Crippen molar-refractivity contribution < 1.29 is 4.79 Å². The molecule has 0 spiro atoms. The molecule has 0 saturated heterocycles. The first-order chi connectivity index (χ1) is 14.3. The summed E-state index contributed by atoms with van der Waals surface area (Å²) in [6.45, 7) is 9.75. The van der Waals surface area contributed by atoms with Crippen molar-refractivity contribution in [2.45, 2.75) is 46.8 Å².